The predicted molar refractivity (Wildman–Crippen MR) is 183 cm³/mol. The van der Waals surface area contributed by atoms with E-state index >= 15 is 0 Å². The van der Waals surface area contributed by atoms with Crippen LogP contribution in [0.5, 0.6) is 0 Å². The van der Waals surface area contributed by atoms with E-state index in [4.69, 9.17) is 28.4 Å². The van der Waals surface area contributed by atoms with Gasteiger partial charge in [0.05, 0.1) is 32.0 Å². The van der Waals surface area contributed by atoms with Gasteiger partial charge in [0, 0.05) is 30.1 Å². The van der Waals surface area contributed by atoms with Crippen LogP contribution in [0.2, 0.25) is 0 Å². The zero-order valence-electron chi connectivity index (χ0n) is 31.2. The molecule has 21 unspecified atom stereocenters. The fourth-order valence-electron chi connectivity index (χ4n) is 12.3. The summed E-state index contributed by atoms with van der Waals surface area (Å²) in [5.74, 6) is 1.44. The van der Waals surface area contributed by atoms with Crippen LogP contribution in [0.25, 0.3) is 0 Å². The number of fused-ring (bicyclic) bond motifs is 7. The molecule has 0 aromatic rings. The first kappa shape index (κ1) is 38.7. The summed E-state index contributed by atoms with van der Waals surface area (Å²) in [5, 5.41) is 72.7. The molecule has 0 bridgehead atoms. The Morgan fingerprint density at radius 2 is 1.53 bits per heavy atom. The molecule has 4 saturated heterocycles. The molecule has 3 saturated carbocycles. The second-order valence-electron chi connectivity index (χ2n) is 18.1. The number of hydrogen-bond acceptors (Lipinski definition) is 14. The second kappa shape index (κ2) is 14.1. The zero-order valence-corrected chi connectivity index (χ0v) is 31.2. The number of Topliss-reactive ketones (excluding diaryl/α,β-unsaturated/α-hetero) is 1. The summed E-state index contributed by atoms with van der Waals surface area (Å²) in [5.41, 5.74) is 0.620. The number of hydrogen-bond donors (Lipinski definition) is 7. The number of carbonyl (C=O) groups is 1. The molecule has 4 aliphatic carbocycles. The average molecular weight is 753 g/mol. The molecule has 21 atom stereocenters. The van der Waals surface area contributed by atoms with E-state index < -0.39 is 85.8 Å². The van der Waals surface area contributed by atoms with Crippen molar-refractivity contribution in [1.82, 2.24) is 0 Å². The molecule has 0 aromatic heterocycles. The molecule has 14 heteroatoms. The number of ether oxygens (including phenoxy) is 6. The third-order valence-electron chi connectivity index (χ3n) is 15.5. The molecule has 300 valence electrons. The average Bonchev–Trinajstić information content (AvgIpc) is 3.59. The minimum atomic E-state index is -1.74. The summed E-state index contributed by atoms with van der Waals surface area (Å²) in [6.45, 7) is 8.38. The Morgan fingerprint density at radius 3 is 2.23 bits per heavy atom. The molecular weight excluding hydrogens is 692 g/mol. The van der Waals surface area contributed by atoms with Crippen molar-refractivity contribution in [3.8, 4) is 0 Å². The highest BCUT2D eigenvalue weighted by molar-refractivity contribution is 5.87. The van der Waals surface area contributed by atoms with Gasteiger partial charge in [-0.25, -0.2) is 0 Å². The second-order valence-corrected chi connectivity index (χ2v) is 18.1. The van der Waals surface area contributed by atoms with Crippen LogP contribution < -0.4 is 0 Å². The topological polar surface area (TPSA) is 214 Å². The zero-order chi connectivity index (χ0) is 37.8. The highest BCUT2D eigenvalue weighted by atomic mass is 16.7. The van der Waals surface area contributed by atoms with E-state index in [0.717, 1.165) is 32.1 Å². The fourth-order valence-corrected chi connectivity index (χ4v) is 12.3. The molecular formula is C39H60O14. The molecule has 8 rings (SSSR count). The predicted octanol–water partition coefficient (Wildman–Crippen LogP) is 0.541. The SMILES string of the molecule is CC1CCC2(OC1)OC1CC3C4CC=C5CC(OC6OC(CO)C(OC7OC(CO)C(O)C(O)C7O)C(O)C6O)CCC5(C)C4CC(=O)C3(C)C1C2C. The first-order valence-electron chi connectivity index (χ1n) is 19.9. The number of aliphatic hydroxyl groups excluding tert-OH is 7. The Balaban J connectivity index is 0.929. The van der Waals surface area contributed by atoms with E-state index in [2.05, 4.69) is 33.8 Å². The maximum Gasteiger partial charge on any atom is 0.187 e. The Kier molecular flexibility index (Phi) is 10.3. The standard InChI is InChI=1S/C39H60O14/c1-17-7-10-39(48-16-17)18(2)28-24(53-39)12-23-21-6-5-19-11-20(8-9-37(19,3)22(21)13-27(42)38(23,28)4)49-35-33(47)31(45)34(26(15-41)51-35)52-36-32(46)30(44)29(43)25(14-40)50-36/h5,17-18,20-26,28-36,40-41,43-47H,6-16H2,1-4H3. The quantitative estimate of drug-likeness (QED) is 0.185. The van der Waals surface area contributed by atoms with Gasteiger partial charge in [-0.3, -0.25) is 4.79 Å². The Labute approximate surface area is 310 Å². The van der Waals surface area contributed by atoms with E-state index in [1.165, 1.54) is 5.57 Å². The summed E-state index contributed by atoms with van der Waals surface area (Å²) in [6, 6.07) is 0. The lowest BCUT2D eigenvalue weighted by Crippen LogP contribution is -2.65. The highest BCUT2D eigenvalue weighted by Crippen LogP contribution is 2.69. The number of carbonyl (C=O) groups excluding carboxylic acids is 1. The van der Waals surface area contributed by atoms with E-state index in [9.17, 15) is 40.5 Å². The van der Waals surface area contributed by atoms with Crippen molar-refractivity contribution in [2.75, 3.05) is 19.8 Å². The molecule has 0 aromatic carbocycles. The number of ketones is 1. The monoisotopic (exact) mass is 752 g/mol. The first-order chi connectivity index (χ1) is 25.2. The van der Waals surface area contributed by atoms with E-state index in [-0.39, 0.29) is 41.3 Å². The maximum atomic E-state index is 14.5. The van der Waals surface area contributed by atoms with Crippen molar-refractivity contribution < 1.29 is 69.0 Å². The van der Waals surface area contributed by atoms with Gasteiger partial charge in [-0.1, -0.05) is 39.3 Å². The van der Waals surface area contributed by atoms with E-state index in [0.29, 0.717) is 43.5 Å². The van der Waals surface area contributed by atoms with Gasteiger partial charge in [0.1, 0.15) is 54.6 Å². The van der Waals surface area contributed by atoms with Gasteiger partial charge in [0.2, 0.25) is 0 Å². The molecule has 8 aliphatic rings. The first-order valence-corrected chi connectivity index (χ1v) is 19.9. The largest absolute Gasteiger partial charge is 0.394 e. The molecule has 7 fully saturated rings. The summed E-state index contributed by atoms with van der Waals surface area (Å²) in [4.78, 5) is 14.5. The molecule has 4 heterocycles. The van der Waals surface area contributed by atoms with Crippen LogP contribution in [-0.2, 0) is 33.2 Å². The van der Waals surface area contributed by atoms with Crippen molar-refractivity contribution in [3.05, 3.63) is 11.6 Å². The third-order valence-corrected chi connectivity index (χ3v) is 15.5. The van der Waals surface area contributed by atoms with Crippen molar-refractivity contribution >= 4 is 5.78 Å². The van der Waals surface area contributed by atoms with Crippen molar-refractivity contribution in [3.63, 3.8) is 0 Å². The normalized spacial score (nSPS) is 56.7. The van der Waals surface area contributed by atoms with Gasteiger partial charge in [-0.05, 0) is 67.6 Å². The van der Waals surface area contributed by atoms with Crippen LogP contribution in [0.1, 0.15) is 79.1 Å². The molecule has 53 heavy (non-hydrogen) atoms. The van der Waals surface area contributed by atoms with Crippen LogP contribution in [0, 0.1) is 46.3 Å². The van der Waals surface area contributed by atoms with Gasteiger partial charge < -0.3 is 64.2 Å². The van der Waals surface area contributed by atoms with E-state index in [1.807, 2.05) is 0 Å². The molecule has 14 nitrogen and oxygen atoms in total. The Morgan fingerprint density at radius 1 is 0.830 bits per heavy atom. The Hall–Kier alpha value is -1.11. The minimum absolute atomic E-state index is 0.0284. The molecule has 4 aliphatic heterocycles. The van der Waals surface area contributed by atoms with Gasteiger partial charge >= 0.3 is 0 Å². The molecule has 1 spiro atoms. The van der Waals surface area contributed by atoms with Crippen LogP contribution in [-0.4, -0.2) is 141 Å². The van der Waals surface area contributed by atoms with Gasteiger partial charge in [0.25, 0.3) is 0 Å². The van der Waals surface area contributed by atoms with Crippen molar-refractivity contribution in [2.45, 2.75) is 158 Å². The van der Waals surface area contributed by atoms with Gasteiger partial charge in [0.15, 0.2) is 18.4 Å². The molecule has 0 amide bonds. The van der Waals surface area contributed by atoms with Crippen LogP contribution in [0.3, 0.4) is 0 Å². The van der Waals surface area contributed by atoms with Crippen LogP contribution >= 0.6 is 0 Å². The lowest BCUT2D eigenvalue weighted by molar-refractivity contribution is -0.363. The lowest BCUT2D eigenvalue weighted by Gasteiger charge is -2.58. The summed E-state index contributed by atoms with van der Waals surface area (Å²) in [6.07, 6.45) is -6.67. The van der Waals surface area contributed by atoms with Gasteiger partial charge in [-0.15, -0.1) is 0 Å². The van der Waals surface area contributed by atoms with Gasteiger partial charge in [-0.2, -0.15) is 0 Å². The van der Waals surface area contributed by atoms with Crippen molar-refractivity contribution in [1.29, 1.82) is 0 Å². The smallest absolute Gasteiger partial charge is 0.187 e. The Bertz CT molecular complexity index is 1400. The summed E-state index contributed by atoms with van der Waals surface area (Å²) in [7, 11) is 0. The number of allylic oxidation sites excluding steroid dienone is 1. The van der Waals surface area contributed by atoms with E-state index in [1.54, 1.807) is 0 Å². The maximum absolute atomic E-state index is 14.5. The fraction of sp³-hybridized carbons (Fsp3) is 0.923. The molecule has 0 radical (unpaired) electrons. The lowest BCUT2D eigenvalue weighted by atomic mass is 9.46. The third kappa shape index (κ3) is 5.96. The number of aliphatic hydroxyl groups is 7. The number of rotatable bonds is 6. The van der Waals surface area contributed by atoms with Crippen molar-refractivity contribution in [2.24, 2.45) is 46.3 Å². The van der Waals surface area contributed by atoms with Crippen LogP contribution in [0.4, 0.5) is 0 Å². The summed E-state index contributed by atoms with van der Waals surface area (Å²) >= 11 is 0. The van der Waals surface area contributed by atoms with Crippen LogP contribution in [0.15, 0.2) is 11.6 Å². The molecule has 7 N–H and O–H groups in total. The minimum Gasteiger partial charge on any atom is -0.394 e. The summed E-state index contributed by atoms with van der Waals surface area (Å²) < 4.78 is 36.6. The highest BCUT2D eigenvalue weighted by Gasteiger charge is 2.71.